The van der Waals surface area contributed by atoms with E-state index >= 15 is 0 Å². The van der Waals surface area contributed by atoms with Crippen LogP contribution < -0.4 is 5.73 Å². The van der Waals surface area contributed by atoms with Crippen LogP contribution in [0, 0.1) is 0 Å². The molecule has 82 valence electrons. The van der Waals surface area contributed by atoms with Crippen LogP contribution >= 0.6 is 0 Å². The zero-order valence-electron chi connectivity index (χ0n) is 8.34. The number of morpholine rings is 1. The molecule has 0 spiro atoms. The smallest absolute Gasteiger partial charge is 0.280 e. The summed E-state index contributed by atoms with van der Waals surface area (Å²) in [7, 11) is 0. The number of ether oxygens (including phenoxy) is 1. The number of nitrogens with two attached hydrogens (primary N) is 1. The molecular weight excluding hydrogens is 200 g/mol. The van der Waals surface area contributed by atoms with E-state index in [9.17, 15) is 4.79 Å². The van der Waals surface area contributed by atoms with Gasteiger partial charge >= 0.3 is 0 Å². The Morgan fingerprint density at radius 3 is 3.00 bits per heavy atom. The van der Waals surface area contributed by atoms with Crippen LogP contribution in [0.3, 0.4) is 0 Å². The second-order valence-electron chi connectivity index (χ2n) is 3.43. The van der Waals surface area contributed by atoms with E-state index in [0.717, 1.165) is 0 Å². The van der Waals surface area contributed by atoms with E-state index < -0.39 is 0 Å². The summed E-state index contributed by atoms with van der Waals surface area (Å²) in [6.07, 6.45) is 0.0313. The lowest BCUT2D eigenvalue weighted by atomic mass is 10.2. The van der Waals surface area contributed by atoms with Crippen molar-refractivity contribution >= 4 is 11.7 Å². The Bertz CT molecular complexity index is 365. The second-order valence-corrected chi connectivity index (χ2v) is 3.43. The number of carbonyl (C=O) groups excluding carboxylic acids is 1. The standard InChI is InChI=1S/C8H12N4O3/c1-5-4-12(2-3-14-5)8(13)6-7(9)11-15-10-6/h5H,2-4H2,1H3,(H2,9,11). The van der Waals surface area contributed by atoms with Crippen LogP contribution in [0.15, 0.2) is 4.63 Å². The van der Waals surface area contributed by atoms with Crippen LogP contribution in [0.1, 0.15) is 17.4 Å². The lowest BCUT2D eigenvalue weighted by Crippen LogP contribution is -2.44. The van der Waals surface area contributed by atoms with Crippen LogP contribution in [0.5, 0.6) is 0 Å². The third kappa shape index (κ3) is 1.91. The van der Waals surface area contributed by atoms with E-state index in [2.05, 4.69) is 14.9 Å². The van der Waals surface area contributed by atoms with Crippen LogP contribution in [-0.2, 0) is 4.74 Å². The molecule has 7 nitrogen and oxygen atoms in total. The summed E-state index contributed by atoms with van der Waals surface area (Å²) in [5.41, 5.74) is 5.51. The Morgan fingerprint density at radius 1 is 1.60 bits per heavy atom. The minimum Gasteiger partial charge on any atom is -0.379 e. The minimum atomic E-state index is -0.260. The van der Waals surface area contributed by atoms with E-state index in [0.29, 0.717) is 19.7 Å². The molecule has 15 heavy (non-hydrogen) atoms. The Kier molecular flexibility index (Phi) is 2.55. The predicted molar refractivity (Wildman–Crippen MR) is 50.0 cm³/mol. The minimum absolute atomic E-state index is 0.0270. The molecule has 1 aromatic rings. The van der Waals surface area contributed by atoms with Crippen molar-refractivity contribution < 1.29 is 14.2 Å². The van der Waals surface area contributed by atoms with Gasteiger partial charge in [0.1, 0.15) is 0 Å². The third-order valence-corrected chi connectivity index (χ3v) is 2.24. The quantitative estimate of drug-likeness (QED) is 0.675. The molecule has 0 radical (unpaired) electrons. The number of aromatic nitrogens is 2. The summed E-state index contributed by atoms with van der Waals surface area (Å²) in [5.74, 6) is -0.233. The van der Waals surface area contributed by atoms with Crippen molar-refractivity contribution in [2.45, 2.75) is 13.0 Å². The fraction of sp³-hybridized carbons (Fsp3) is 0.625. The zero-order chi connectivity index (χ0) is 10.8. The fourth-order valence-electron chi connectivity index (χ4n) is 1.50. The summed E-state index contributed by atoms with van der Waals surface area (Å²) in [5, 5.41) is 6.84. The molecule has 1 amide bonds. The van der Waals surface area contributed by atoms with Gasteiger partial charge in [-0.3, -0.25) is 4.79 Å². The molecule has 2 rings (SSSR count). The van der Waals surface area contributed by atoms with E-state index in [1.165, 1.54) is 0 Å². The number of hydrogen-bond acceptors (Lipinski definition) is 6. The summed E-state index contributed by atoms with van der Waals surface area (Å²) >= 11 is 0. The highest BCUT2D eigenvalue weighted by Crippen LogP contribution is 2.12. The Morgan fingerprint density at radius 2 is 2.40 bits per heavy atom. The molecule has 1 aliphatic heterocycles. The first-order chi connectivity index (χ1) is 7.18. The van der Waals surface area contributed by atoms with Gasteiger partial charge in [0.05, 0.1) is 12.7 Å². The maximum Gasteiger partial charge on any atom is 0.280 e. The van der Waals surface area contributed by atoms with Gasteiger partial charge in [-0.15, -0.1) is 0 Å². The fourth-order valence-corrected chi connectivity index (χ4v) is 1.50. The molecular formula is C8H12N4O3. The number of anilines is 1. The highest BCUT2D eigenvalue weighted by Gasteiger charge is 2.26. The van der Waals surface area contributed by atoms with E-state index in [-0.39, 0.29) is 23.5 Å². The molecule has 0 bridgehead atoms. The maximum absolute atomic E-state index is 11.9. The first-order valence-electron chi connectivity index (χ1n) is 4.67. The summed E-state index contributed by atoms with van der Waals surface area (Å²) in [4.78, 5) is 13.5. The van der Waals surface area contributed by atoms with Gasteiger partial charge in [0.25, 0.3) is 5.91 Å². The van der Waals surface area contributed by atoms with Crippen LogP contribution in [0.4, 0.5) is 5.82 Å². The maximum atomic E-state index is 11.9. The normalized spacial score (nSPS) is 21.7. The van der Waals surface area contributed by atoms with Gasteiger partial charge in [0.2, 0.25) is 11.5 Å². The summed E-state index contributed by atoms with van der Waals surface area (Å²) in [6, 6.07) is 0. The molecule has 0 saturated carbocycles. The highest BCUT2D eigenvalue weighted by atomic mass is 16.6. The van der Waals surface area contributed by atoms with Gasteiger partial charge in [-0.2, -0.15) is 0 Å². The molecule has 2 heterocycles. The molecule has 1 aromatic heterocycles. The van der Waals surface area contributed by atoms with Crippen molar-refractivity contribution in [3.05, 3.63) is 5.69 Å². The Hall–Kier alpha value is -1.63. The SMILES string of the molecule is CC1CN(C(=O)c2nonc2N)CCO1. The number of nitrogen functional groups attached to an aromatic ring is 1. The van der Waals surface area contributed by atoms with Crippen molar-refractivity contribution in [1.29, 1.82) is 0 Å². The predicted octanol–water partition coefficient (Wildman–Crippen LogP) is -0.487. The van der Waals surface area contributed by atoms with E-state index in [1.807, 2.05) is 6.92 Å². The van der Waals surface area contributed by atoms with E-state index in [4.69, 9.17) is 10.5 Å². The van der Waals surface area contributed by atoms with Gasteiger partial charge in [-0.25, -0.2) is 4.63 Å². The average molecular weight is 212 g/mol. The van der Waals surface area contributed by atoms with Crippen molar-refractivity contribution in [3.63, 3.8) is 0 Å². The third-order valence-electron chi connectivity index (χ3n) is 2.24. The van der Waals surface area contributed by atoms with Crippen molar-refractivity contribution in [3.8, 4) is 0 Å². The Labute approximate surface area is 86.1 Å². The number of amides is 1. The van der Waals surface area contributed by atoms with Gasteiger partial charge in [0, 0.05) is 13.1 Å². The molecule has 1 unspecified atom stereocenters. The van der Waals surface area contributed by atoms with Gasteiger partial charge < -0.3 is 15.4 Å². The molecule has 1 fully saturated rings. The zero-order valence-corrected chi connectivity index (χ0v) is 8.34. The van der Waals surface area contributed by atoms with E-state index in [1.54, 1.807) is 4.90 Å². The van der Waals surface area contributed by atoms with Crippen LogP contribution in [0.2, 0.25) is 0 Å². The van der Waals surface area contributed by atoms with Crippen LogP contribution in [-0.4, -0.2) is 46.9 Å². The average Bonchev–Trinajstić information content (AvgIpc) is 2.63. The first kappa shape index (κ1) is 9.91. The largest absolute Gasteiger partial charge is 0.379 e. The molecule has 2 N–H and O–H groups in total. The number of rotatable bonds is 1. The first-order valence-corrected chi connectivity index (χ1v) is 4.67. The molecule has 1 saturated heterocycles. The number of nitrogens with zero attached hydrogens (tertiary/aromatic N) is 3. The Balaban J connectivity index is 2.11. The van der Waals surface area contributed by atoms with Gasteiger partial charge in [-0.1, -0.05) is 0 Å². The van der Waals surface area contributed by atoms with Crippen molar-refractivity contribution in [1.82, 2.24) is 15.2 Å². The van der Waals surface area contributed by atoms with Gasteiger partial charge in [0.15, 0.2) is 0 Å². The summed E-state index contributed by atoms with van der Waals surface area (Å²) in [6.45, 7) is 3.50. The topological polar surface area (TPSA) is 94.5 Å². The highest BCUT2D eigenvalue weighted by molar-refractivity contribution is 5.96. The summed E-state index contributed by atoms with van der Waals surface area (Å²) < 4.78 is 9.70. The molecule has 1 aliphatic rings. The molecule has 7 heteroatoms. The second kappa shape index (κ2) is 3.85. The number of carbonyl (C=O) groups is 1. The van der Waals surface area contributed by atoms with Gasteiger partial charge in [-0.05, 0) is 17.2 Å². The lowest BCUT2D eigenvalue weighted by molar-refractivity contribution is -0.0127. The van der Waals surface area contributed by atoms with Crippen LogP contribution in [0.25, 0.3) is 0 Å². The lowest BCUT2D eigenvalue weighted by Gasteiger charge is -2.30. The van der Waals surface area contributed by atoms with Crippen molar-refractivity contribution in [2.24, 2.45) is 0 Å². The van der Waals surface area contributed by atoms with Crippen molar-refractivity contribution in [2.75, 3.05) is 25.4 Å². The molecule has 0 aromatic carbocycles. The monoisotopic (exact) mass is 212 g/mol. The number of hydrogen-bond donors (Lipinski definition) is 1. The molecule has 0 aliphatic carbocycles. The molecule has 1 atom stereocenters.